The van der Waals surface area contributed by atoms with Gasteiger partial charge >= 0.3 is 0 Å². The molecule has 0 aliphatic rings. The van der Waals surface area contributed by atoms with Crippen LogP contribution in [0, 0.1) is 0 Å². The van der Waals surface area contributed by atoms with E-state index in [1.807, 2.05) is 0 Å². The van der Waals surface area contributed by atoms with Crippen LogP contribution in [0.15, 0.2) is 38.0 Å². The van der Waals surface area contributed by atoms with Crippen LogP contribution in [0.2, 0.25) is 0 Å². The lowest BCUT2D eigenvalue weighted by molar-refractivity contribution is -0.113. The minimum atomic E-state index is -0.481. The normalized spacial score (nSPS) is 6.55. The average molecular weight is 153 g/mol. The van der Waals surface area contributed by atoms with Gasteiger partial charge in [-0.25, -0.2) is 0 Å². The second-order valence-electron chi connectivity index (χ2n) is 1.42. The molecule has 1 amide bonds. The van der Waals surface area contributed by atoms with Crippen LogP contribution in [-0.4, -0.2) is 11.7 Å². The number of amides is 1. The fourth-order valence-corrected chi connectivity index (χ4v) is 0.0833. The van der Waals surface area contributed by atoms with Crippen LogP contribution in [0.4, 0.5) is 0 Å². The van der Waals surface area contributed by atoms with E-state index in [4.69, 9.17) is 0 Å². The topological polar surface area (TPSA) is 60.2 Å². The van der Waals surface area contributed by atoms with E-state index in [0.29, 0.717) is 0 Å². The number of carbonyl (C=O) groups excluding carboxylic acids is 2. The molecule has 0 radical (unpaired) electrons. The summed E-state index contributed by atoms with van der Waals surface area (Å²) in [7, 11) is 0. The van der Waals surface area contributed by atoms with Crippen LogP contribution < -0.4 is 5.73 Å². The smallest absolute Gasteiger partial charge is 0.240 e. The predicted octanol–water partition coefficient (Wildman–Crippen LogP) is 0.585. The quantitative estimate of drug-likeness (QED) is 0.603. The molecule has 0 spiro atoms. The fourth-order valence-electron chi connectivity index (χ4n) is 0.0833. The lowest BCUT2D eigenvalue weighted by atomic mass is 10.4. The first kappa shape index (κ1) is 12.1. The van der Waals surface area contributed by atoms with Crippen molar-refractivity contribution in [2.75, 3.05) is 0 Å². The van der Waals surface area contributed by atoms with Gasteiger partial charge in [-0.15, -0.1) is 0 Å². The maximum absolute atomic E-state index is 9.94. The third-order valence-corrected chi connectivity index (χ3v) is 0.604. The Labute approximate surface area is 65.9 Å². The third-order valence-electron chi connectivity index (χ3n) is 0.604. The monoisotopic (exact) mass is 153 g/mol. The van der Waals surface area contributed by atoms with Gasteiger partial charge in [0.15, 0.2) is 5.78 Å². The molecule has 0 aromatic carbocycles. The average Bonchev–Trinajstić information content (AvgIpc) is 2.04. The lowest BCUT2D eigenvalue weighted by Crippen LogP contribution is -2.04. The first-order valence-corrected chi connectivity index (χ1v) is 2.79. The minimum absolute atomic E-state index is 0.130. The number of carbonyl (C=O) groups is 2. The van der Waals surface area contributed by atoms with Crippen molar-refractivity contribution in [2.45, 2.75) is 0 Å². The number of nitrogens with two attached hydrogens (primary N) is 1. The summed E-state index contributed by atoms with van der Waals surface area (Å²) in [6.07, 6.45) is 3.49. The molecule has 60 valence electrons. The summed E-state index contributed by atoms with van der Waals surface area (Å²) in [4.78, 5) is 19.4. The van der Waals surface area contributed by atoms with Crippen molar-refractivity contribution in [3.8, 4) is 0 Å². The molecule has 0 aliphatic carbocycles. The van der Waals surface area contributed by atoms with E-state index < -0.39 is 5.91 Å². The molecule has 0 saturated heterocycles. The Balaban J connectivity index is 0. The molecular weight excluding hydrogens is 142 g/mol. The van der Waals surface area contributed by atoms with Crippen LogP contribution >= 0.6 is 0 Å². The van der Waals surface area contributed by atoms with Gasteiger partial charge in [0.2, 0.25) is 5.91 Å². The van der Waals surface area contributed by atoms with Crippen LogP contribution in [-0.2, 0) is 9.59 Å². The van der Waals surface area contributed by atoms with Crippen molar-refractivity contribution in [1.29, 1.82) is 0 Å². The van der Waals surface area contributed by atoms with E-state index in [0.717, 1.165) is 6.08 Å². The van der Waals surface area contributed by atoms with E-state index in [2.05, 4.69) is 25.5 Å². The van der Waals surface area contributed by atoms with Crippen LogP contribution in [0.25, 0.3) is 0 Å². The fraction of sp³-hybridized carbons (Fsp3) is 0. The summed E-state index contributed by atoms with van der Waals surface area (Å²) in [5.41, 5.74) is 4.53. The van der Waals surface area contributed by atoms with Crippen molar-refractivity contribution in [3.05, 3.63) is 38.0 Å². The predicted molar refractivity (Wildman–Crippen MR) is 44.8 cm³/mol. The molecule has 2 N–H and O–H groups in total. The molecule has 0 aromatic rings. The molecule has 0 heterocycles. The van der Waals surface area contributed by atoms with Gasteiger partial charge in [-0.1, -0.05) is 19.7 Å². The van der Waals surface area contributed by atoms with Crippen LogP contribution in [0.1, 0.15) is 0 Å². The first-order valence-electron chi connectivity index (χ1n) is 2.79. The second-order valence-corrected chi connectivity index (χ2v) is 1.42. The summed E-state index contributed by atoms with van der Waals surface area (Å²) in [5.74, 6) is -0.611. The van der Waals surface area contributed by atoms with Gasteiger partial charge in [0.25, 0.3) is 0 Å². The number of ketones is 1. The Morgan fingerprint density at radius 1 is 1.00 bits per heavy atom. The van der Waals surface area contributed by atoms with Crippen molar-refractivity contribution in [3.63, 3.8) is 0 Å². The highest BCUT2D eigenvalue weighted by Crippen LogP contribution is 1.68. The Hall–Kier alpha value is -1.64. The largest absolute Gasteiger partial charge is 0.366 e. The van der Waals surface area contributed by atoms with Crippen molar-refractivity contribution in [2.24, 2.45) is 5.73 Å². The van der Waals surface area contributed by atoms with Gasteiger partial charge in [-0.3, -0.25) is 9.59 Å². The standard InChI is InChI=1S/C5H6O.C3H5NO/c1-3-5(6)4-2;1-2-3(4)5/h3-4H,1-2H2;2H,1H2,(H2,4,5). The summed E-state index contributed by atoms with van der Waals surface area (Å²) in [6, 6.07) is 0. The summed E-state index contributed by atoms with van der Waals surface area (Å²) < 4.78 is 0. The molecule has 0 aliphatic heterocycles. The van der Waals surface area contributed by atoms with E-state index in [1.165, 1.54) is 12.2 Å². The van der Waals surface area contributed by atoms with Crippen molar-refractivity contribution >= 4 is 11.7 Å². The molecule has 0 atom stereocenters. The molecule has 0 rings (SSSR count). The van der Waals surface area contributed by atoms with Crippen molar-refractivity contribution < 1.29 is 9.59 Å². The maximum Gasteiger partial charge on any atom is 0.240 e. The Morgan fingerprint density at radius 2 is 1.27 bits per heavy atom. The van der Waals surface area contributed by atoms with Gasteiger partial charge in [-0.2, -0.15) is 0 Å². The zero-order chi connectivity index (χ0) is 9.28. The zero-order valence-electron chi connectivity index (χ0n) is 6.25. The highest BCUT2D eigenvalue weighted by Gasteiger charge is 1.75. The van der Waals surface area contributed by atoms with E-state index in [1.54, 1.807) is 0 Å². The number of rotatable bonds is 3. The van der Waals surface area contributed by atoms with E-state index >= 15 is 0 Å². The lowest BCUT2D eigenvalue weighted by Gasteiger charge is -1.68. The number of allylic oxidation sites excluding steroid dienone is 2. The SMILES string of the molecule is C=CC(=O)C=C.C=CC(N)=O. The number of primary amides is 1. The van der Waals surface area contributed by atoms with Crippen LogP contribution in [0.3, 0.4) is 0 Å². The van der Waals surface area contributed by atoms with Gasteiger partial charge in [-0.05, 0) is 18.2 Å². The zero-order valence-corrected chi connectivity index (χ0v) is 6.25. The van der Waals surface area contributed by atoms with Gasteiger partial charge in [0.05, 0.1) is 0 Å². The highest BCUT2D eigenvalue weighted by atomic mass is 16.1. The summed E-state index contributed by atoms with van der Waals surface area (Å²) in [6.45, 7) is 9.51. The molecule has 0 aromatic heterocycles. The molecule has 0 bridgehead atoms. The van der Waals surface area contributed by atoms with Crippen molar-refractivity contribution in [1.82, 2.24) is 0 Å². The second kappa shape index (κ2) is 8.36. The molecule has 3 nitrogen and oxygen atoms in total. The van der Waals surface area contributed by atoms with Gasteiger partial charge in [0.1, 0.15) is 0 Å². The third kappa shape index (κ3) is 17.8. The van der Waals surface area contributed by atoms with E-state index in [-0.39, 0.29) is 5.78 Å². The molecule has 11 heavy (non-hydrogen) atoms. The number of hydrogen-bond donors (Lipinski definition) is 1. The summed E-state index contributed by atoms with van der Waals surface area (Å²) in [5, 5.41) is 0. The van der Waals surface area contributed by atoms with Gasteiger partial charge in [0, 0.05) is 0 Å². The van der Waals surface area contributed by atoms with Gasteiger partial charge < -0.3 is 5.73 Å². The molecular formula is C8H11NO2. The Kier molecular flexibility index (Phi) is 9.18. The maximum atomic E-state index is 9.94. The molecule has 3 heteroatoms. The van der Waals surface area contributed by atoms with Crippen LogP contribution in [0.5, 0.6) is 0 Å². The molecule has 0 fully saturated rings. The number of hydrogen-bond acceptors (Lipinski definition) is 2. The Morgan fingerprint density at radius 3 is 1.27 bits per heavy atom. The molecule has 0 unspecified atom stereocenters. The Bertz CT molecular complexity index is 173. The van der Waals surface area contributed by atoms with E-state index in [9.17, 15) is 9.59 Å². The highest BCUT2D eigenvalue weighted by molar-refractivity contribution is 5.98. The minimum Gasteiger partial charge on any atom is -0.366 e. The molecule has 0 saturated carbocycles. The summed E-state index contributed by atoms with van der Waals surface area (Å²) >= 11 is 0. The first-order chi connectivity index (χ1) is 5.08.